The highest BCUT2D eigenvalue weighted by atomic mass is 35.5. The number of carbonyl (C=O) groups excluding carboxylic acids is 2. The summed E-state index contributed by atoms with van der Waals surface area (Å²) in [4.78, 5) is 20.3. The molecule has 0 aliphatic heterocycles. The van der Waals surface area contributed by atoms with Crippen molar-refractivity contribution in [2.24, 2.45) is 5.73 Å². The number of hydrogen-bond acceptors (Lipinski definition) is 3. The van der Waals surface area contributed by atoms with E-state index in [1.165, 1.54) is 0 Å². The standard InChI is InChI=1S/C5H9NO3.ClH/c1-2-9-5(8)3-4(6)7;/h2-3H2,1H3,(H2,6,7);1H. The molecule has 0 aliphatic rings. The Balaban J connectivity index is 0. The quantitative estimate of drug-likeness (QED) is 0.469. The summed E-state index contributed by atoms with van der Waals surface area (Å²) in [6.07, 6.45) is -0.326. The third-order valence-electron chi connectivity index (χ3n) is 0.624. The molecule has 5 heteroatoms. The van der Waals surface area contributed by atoms with Crippen molar-refractivity contribution in [2.45, 2.75) is 13.3 Å². The fraction of sp³-hybridized carbons (Fsp3) is 0.600. The average molecular weight is 168 g/mol. The molecular formula is C5H10ClNO3. The smallest absolute Gasteiger partial charge is 0.315 e. The van der Waals surface area contributed by atoms with Gasteiger partial charge in [-0.2, -0.15) is 0 Å². The Kier molecular flexibility index (Phi) is 7.60. The highest BCUT2D eigenvalue weighted by Crippen LogP contribution is 1.82. The van der Waals surface area contributed by atoms with E-state index in [0.29, 0.717) is 0 Å². The van der Waals surface area contributed by atoms with Crippen molar-refractivity contribution >= 4 is 24.3 Å². The molecule has 0 unspecified atom stereocenters. The molecule has 0 aliphatic carbocycles. The first-order valence-electron chi connectivity index (χ1n) is 2.60. The lowest BCUT2D eigenvalue weighted by molar-refractivity contribution is -0.145. The van der Waals surface area contributed by atoms with E-state index in [9.17, 15) is 9.59 Å². The van der Waals surface area contributed by atoms with Crippen molar-refractivity contribution in [3.8, 4) is 0 Å². The Morgan fingerprint density at radius 3 is 2.30 bits per heavy atom. The van der Waals surface area contributed by atoms with E-state index in [4.69, 9.17) is 0 Å². The topological polar surface area (TPSA) is 69.4 Å². The van der Waals surface area contributed by atoms with E-state index in [0.717, 1.165) is 0 Å². The summed E-state index contributed by atoms with van der Waals surface area (Å²) in [5, 5.41) is 0. The van der Waals surface area contributed by atoms with Gasteiger partial charge in [-0.3, -0.25) is 9.59 Å². The molecule has 0 heterocycles. The maximum absolute atomic E-state index is 10.3. The number of rotatable bonds is 3. The van der Waals surface area contributed by atoms with Crippen LogP contribution in [0.25, 0.3) is 0 Å². The zero-order chi connectivity index (χ0) is 7.28. The summed E-state index contributed by atoms with van der Waals surface area (Å²) in [7, 11) is 0. The van der Waals surface area contributed by atoms with Crippen LogP contribution in [0.3, 0.4) is 0 Å². The van der Waals surface area contributed by atoms with Gasteiger partial charge in [-0.05, 0) is 6.92 Å². The molecule has 10 heavy (non-hydrogen) atoms. The van der Waals surface area contributed by atoms with Crippen molar-refractivity contribution in [3.63, 3.8) is 0 Å². The average Bonchev–Trinajstić information content (AvgIpc) is 1.63. The number of hydrogen-bond donors (Lipinski definition) is 1. The molecule has 0 rings (SSSR count). The van der Waals surface area contributed by atoms with Crippen LogP contribution in [-0.4, -0.2) is 18.5 Å². The van der Waals surface area contributed by atoms with Crippen LogP contribution in [0.2, 0.25) is 0 Å². The van der Waals surface area contributed by atoms with Crippen LogP contribution in [0.1, 0.15) is 13.3 Å². The molecule has 0 saturated heterocycles. The lowest BCUT2D eigenvalue weighted by atomic mass is 10.4. The zero-order valence-corrected chi connectivity index (χ0v) is 6.44. The minimum atomic E-state index is -0.659. The fourth-order valence-electron chi connectivity index (χ4n) is 0.354. The van der Waals surface area contributed by atoms with Crippen LogP contribution in [0.15, 0.2) is 0 Å². The highest BCUT2D eigenvalue weighted by Gasteiger charge is 2.04. The summed E-state index contributed by atoms with van der Waals surface area (Å²) >= 11 is 0. The van der Waals surface area contributed by atoms with E-state index in [1.54, 1.807) is 6.92 Å². The number of halogens is 1. The molecule has 0 aromatic carbocycles. The third-order valence-corrected chi connectivity index (χ3v) is 0.624. The maximum Gasteiger partial charge on any atom is 0.315 e. The molecule has 60 valence electrons. The lowest BCUT2D eigenvalue weighted by Gasteiger charge is -1.95. The van der Waals surface area contributed by atoms with Gasteiger partial charge in [0, 0.05) is 0 Å². The molecule has 0 atom stereocenters. The van der Waals surface area contributed by atoms with Crippen molar-refractivity contribution in [2.75, 3.05) is 6.61 Å². The number of carbonyl (C=O) groups is 2. The third kappa shape index (κ3) is 7.23. The van der Waals surface area contributed by atoms with Gasteiger partial charge in [0.1, 0.15) is 6.42 Å². The van der Waals surface area contributed by atoms with E-state index in [-0.39, 0.29) is 25.4 Å². The van der Waals surface area contributed by atoms with Crippen LogP contribution in [-0.2, 0) is 14.3 Å². The van der Waals surface area contributed by atoms with E-state index in [2.05, 4.69) is 10.5 Å². The van der Waals surface area contributed by atoms with Gasteiger partial charge in [-0.15, -0.1) is 12.4 Å². The maximum atomic E-state index is 10.3. The normalized spacial score (nSPS) is 7.70. The Bertz CT molecular complexity index is 126. The van der Waals surface area contributed by atoms with Crippen LogP contribution in [0.5, 0.6) is 0 Å². The number of amides is 1. The molecule has 0 saturated carbocycles. The van der Waals surface area contributed by atoms with Crippen molar-refractivity contribution < 1.29 is 14.3 Å². The second-order valence-electron chi connectivity index (χ2n) is 1.45. The highest BCUT2D eigenvalue weighted by molar-refractivity contribution is 5.93. The molecule has 0 aromatic heterocycles. The SMILES string of the molecule is CCOC(=O)CC(N)=O.Cl. The Morgan fingerprint density at radius 1 is 1.50 bits per heavy atom. The number of ether oxygens (including phenoxy) is 1. The molecule has 0 fully saturated rings. The first-order valence-corrected chi connectivity index (χ1v) is 2.60. The molecule has 0 spiro atoms. The molecular weight excluding hydrogens is 158 g/mol. The fourth-order valence-corrected chi connectivity index (χ4v) is 0.354. The first-order chi connectivity index (χ1) is 4.16. The van der Waals surface area contributed by atoms with Crippen LogP contribution in [0, 0.1) is 0 Å². The van der Waals surface area contributed by atoms with Gasteiger partial charge in [-0.1, -0.05) is 0 Å². The van der Waals surface area contributed by atoms with E-state index in [1.807, 2.05) is 0 Å². The van der Waals surface area contributed by atoms with Crippen molar-refractivity contribution in [1.82, 2.24) is 0 Å². The Labute approximate surface area is 65.1 Å². The van der Waals surface area contributed by atoms with Gasteiger partial charge in [0.15, 0.2) is 0 Å². The van der Waals surface area contributed by atoms with E-state index >= 15 is 0 Å². The summed E-state index contributed by atoms with van der Waals surface area (Å²) in [5.74, 6) is -1.22. The molecule has 2 N–H and O–H groups in total. The number of primary amides is 1. The molecule has 0 bridgehead atoms. The molecule has 0 aromatic rings. The summed E-state index contributed by atoms with van der Waals surface area (Å²) < 4.78 is 4.41. The van der Waals surface area contributed by atoms with Gasteiger partial charge in [0.25, 0.3) is 0 Å². The molecule has 4 nitrogen and oxygen atoms in total. The summed E-state index contributed by atoms with van der Waals surface area (Å²) in [5.41, 5.74) is 4.68. The molecule has 1 amide bonds. The van der Waals surface area contributed by atoms with Gasteiger partial charge in [-0.25, -0.2) is 0 Å². The predicted octanol–water partition coefficient (Wildman–Crippen LogP) is -0.153. The Hall–Kier alpha value is -0.770. The first kappa shape index (κ1) is 12.0. The van der Waals surface area contributed by atoms with Gasteiger partial charge >= 0.3 is 5.97 Å². The van der Waals surface area contributed by atoms with Crippen molar-refractivity contribution in [3.05, 3.63) is 0 Å². The van der Waals surface area contributed by atoms with Gasteiger partial charge in [0.05, 0.1) is 6.61 Å². The van der Waals surface area contributed by atoms with Crippen LogP contribution in [0.4, 0.5) is 0 Å². The Morgan fingerprint density at radius 2 is 2.00 bits per heavy atom. The minimum Gasteiger partial charge on any atom is -0.466 e. The monoisotopic (exact) mass is 167 g/mol. The predicted molar refractivity (Wildman–Crippen MR) is 37.7 cm³/mol. The molecule has 0 radical (unpaired) electrons. The minimum absolute atomic E-state index is 0. The summed E-state index contributed by atoms with van der Waals surface area (Å²) in [6, 6.07) is 0. The zero-order valence-electron chi connectivity index (χ0n) is 5.62. The van der Waals surface area contributed by atoms with Crippen LogP contribution < -0.4 is 5.73 Å². The second-order valence-corrected chi connectivity index (χ2v) is 1.45. The van der Waals surface area contributed by atoms with Gasteiger partial charge < -0.3 is 10.5 Å². The number of nitrogens with two attached hydrogens (primary N) is 1. The van der Waals surface area contributed by atoms with Crippen molar-refractivity contribution in [1.29, 1.82) is 0 Å². The van der Waals surface area contributed by atoms with Gasteiger partial charge in [0.2, 0.25) is 5.91 Å². The van der Waals surface area contributed by atoms with E-state index < -0.39 is 11.9 Å². The second kappa shape index (κ2) is 6.35. The lowest BCUT2D eigenvalue weighted by Crippen LogP contribution is -2.17. The van der Waals surface area contributed by atoms with Crippen LogP contribution >= 0.6 is 12.4 Å². The number of esters is 1. The summed E-state index contributed by atoms with van der Waals surface area (Å²) in [6.45, 7) is 1.95. The largest absolute Gasteiger partial charge is 0.466 e.